The summed E-state index contributed by atoms with van der Waals surface area (Å²) in [6.45, 7) is 6.53. The molecule has 0 aliphatic carbocycles. The minimum absolute atomic E-state index is 0.0509. The van der Waals surface area contributed by atoms with Crippen LogP contribution >= 0.6 is 0 Å². The molecule has 0 radical (unpaired) electrons. The highest BCUT2D eigenvalue weighted by atomic mass is 16.2. The lowest BCUT2D eigenvalue weighted by Crippen LogP contribution is -2.44. The molecule has 10 nitrogen and oxygen atoms in total. The monoisotopic (exact) mass is 474 g/mol. The predicted molar refractivity (Wildman–Crippen MR) is 137 cm³/mol. The highest BCUT2D eigenvalue weighted by Crippen LogP contribution is 2.26. The largest absolute Gasteiger partial charge is 0.365 e. The average molecular weight is 475 g/mol. The number of H-pyrrole nitrogens is 1. The average Bonchev–Trinajstić information content (AvgIpc) is 3.57. The number of hydrogen-bond acceptors (Lipinski definition) is 6. The van der Waals surface area contributed by atoms with Crippen molar-refractivity contribution in [3.05, 3.63) is 49.2 Å². The van der Waals surface area contributed by atoms with Crippen LogP contribution in [-0.2, 0) is 4.79 Å². The van der Waals surface area contributed by atoms with E-state index in [0.717, 1.165) is 56.4 Å². The van der Waals surface area contributed by atoms with Crippen LogP contribution in [0, 0.1) is 0 Å². The van der Waals surface area contributed by atoms with Gasteiger partial charge in [0.05, 0.1) is 5.39 Å². The van der Waals surface area contributed by atoms with E-state index in [1.807, 2.05) is 46.3 Å². The summed E-state index contributed by atoms with van der Waals surface area (Å²) in [4.78, 5) is 40.7. The smallest absolute Gasteiger partial charge is 0.321 e. The van der Waals surface area contributed by atoms with Crippen molar-refractivity contribution in [1.29, 1.82) is 0 Å². The molecule has 4 N–H and O–H groups in total. The maximum Gasteiger partial charge on any atom is 0.321 e. The zero-order valence-corrected chi connectivity index (χ0v) is 19.6. The second-order valence-corrected chi connectivity index (χ2v) is 8.94. The predicted octanol–water partition coefficient (Wildman–Crippen LogP) is 3.92. The van der Waals surface area contributed by atoms with Crippen molar-refractivity contribution in [2.75, 3.05) is 42.1 Å². The van der Waals surface area contributed by atoms with Crippen LogP contribution in [0.15, 0.2) is 49.2 Å². The summed E-state index contributed by atoms with van der Waals surface area (Å²) < 4.78 is 0. The maximum atomic E-state index is 12.4. The van der Waals surface area contributed by atoms with Gasteiger partial charge >= 0.3 is 6.03 Å². The Labute approximate surface area is 203 Å². The Morgan fingerprint density at radius 1 is 1.06 bits per heavy atom. The van der Waals surface area contributed by atoms with Crippen molar-refractivity contribution in [1.82, 2.24) is 24.8 Å². The second kappa shape index (κ2) is 10.0. The molecule has 2 saturated heterocycles. The minimum Gasteiger partial charge on any atom is -0.365 e. The molecule has 35 heavy (non-hydrogen) atoms. The first-order chi connectivity index (χ1) is 17.1. The lowest BCUT2D eigenvalue weighted by Gasteiger charge is -2.33. The number of aromatic amines is 1. The van der Waals surface area contributed by atoms with Crippen molar-refractivity contribution in [2.24, 2.45) is 0 Å². The first-order valence-electron chi connectivity index (χ1n) is 12.0. The standard InChI is InChI=1S/C25H30N8O2/c1-2-21(34)33-14-6-9-19(16-33)27-23-20-10-11-26-22(20)30-24(31-23)28-17-7-5-8-18(15-17)29-25(35)32-12-3-4-13-32/h2,5,7-8,10-11,15,19H,1,3-4,6,9,12-14,16H2,(H,29,35)(H3,26,27,28,30,31)/t19-/m0/s1. The Morgan fingerprint density at radius 2 is 1.86 bits per heavy atom. The van der Waals surface area contributed by atoms with E-state index in [0.29, 0.717) is 29.6 Å². The molecule has 4 heterocycles. The van der Waals surface area contributed by atoms with Crippen molar-refractivity contribution >= 4 is 46.1 Å². The van der Waals surface area contributed by atoms with Gasteiger partial charge in [-0.25, -0.2) is 4.79 Å². The summed E-state index contributed by atoms with van der Waals surface area (Å²) >= 11 is 0. The summed E-state index contributed by atoms with van der Waals surface area (Å²) in [6.07, 6.45) is 7.15. The Balaban J connectivity index is 1.32. The normalized spacial score (nSPS) is 17.9. The summed E-state index contributed by atoms with van der Waals surface area (Å²) in [5.74, 6) is 1.08. The van der Waals surface area contributed by atoms with Crippen LogP contribution in [0.25, 0.3) is 11.0 Å². The number of likely N-dealkylation sites (tertiary alicyclic amines) is 2. The number of piperidine rings is 1. The first kappa shape index (κ1) is 22.7. The highest BCUT2D eigenvalue weighted by Gasteiger charge is 2.23. The van der Waals surface area contributed by atoms with Crippen LogP contribution in [0.4, 0.5) is 27.9 Å². The van der Waals surface area contributed by atoms with E-state index in [4.69, 9.17) is 4.98 Å². The van der Waals surface area contributed by atoms with Gasteiger partial charge in [0.2, 0.25) is 11.9 Å². The summed E-state index contributed by atoms with van der Waals surface area (Å²) in [6, 6.07) is 9.45. The molecule has 2 aromatic heterocycles. The van der Waals surface area contributed by atoms with E-state index in [9.17, 15) is 9.59 Å². The fourth-order valence-electron chi connectivity index (χ4n) is 4.65. The number of benzene rings is 1. The molecule has 0 unspecified atom stereocenters. The number of amides is 3. The Bertz CT molecular complexity index is 1230. The molecule has 2 aliphatic heterocycles. The van der Waals surface area contributed by atoms with Gasteiger partial charge in [-0.2, -0.15) is 9.97 Å². The third-order valence-electron chi connectivity index (χ3n) is 6.43. The summed E-state index contributed by atoms with van der Waals surface area (Å²) in [5, 5.41) is 10.6. The van der Waals surface area contributed by atoms with Gasteiger partial charge in [0.15, 0.2) is 0 Å². The zero-order valence-electron chi connectivity index (χ0n) is 19.6. The van der Waals surface area contributed by atoms with E-state index < -0.39 is 0 Å². The number of carbonyl (C=O) groups is 2. The molecule has 3 amide bonds. The molecule has 2 fully saturated rings. The SMILES string of the molecule is C=CC(=O)N1CCC[C@H](Nc2nc(Nc3cccc(NC(=O)N4CCCC4)c3)nc3[nH]ccc23)C1. The number of hydrogen-bond donors (Lipinski definition) is 4. The molecular formula is C25H30N8O2. The number of urea groups is 1. The van der Waals surface area contributed by atoms with Gasteiger partial charge in [0, 0.05) is 49.8 Å². The van der Waals surface area contributed by atoms with E-state index >= 15 is 0 Å². The Hall–Kier alpha value is -4.08. The summed E-state index contributed by atoms with van der Waals surface area (Å²) in [5.41, 5.74) is 2.18. The Kier molecular flexibility index (Phi) is 6.51. The molecule has 0 bridgehead atoms. The topological polar surface area (TPSA) is 118 Å². The van der Waals surface area contributed by atoms with Crippen molar-refractivity contribution in [3.8, 4) is 0 Å². The van der Waals surface area contributed by atoms with Gasteiger partial charge in [-0.05, 0) is 56.0 Å². The number of aromatic nitrogens is 3. The van der Waals surface area contributed by atoms with Gasteiger partial charge in [0.25, 0.3) is 0 Å². The number of anilines is 4. The third-order valence-corrected chi connectivity index (χ3v) is 6.43. The van der Waals surface area contributed by atoms with E-state index in [2.05, 4.69) is 32.5 Å². The third kappa shape index (κ3) is 5.21. The van der Waals surface area contributed by atoms with Crippen LogP contribution in [-0.4, -0.2) is 68.9 Å². The fraction of sp³-hybridized carbons (Fsp3) is 0.360. The van der Waals surface area contributed by atoms with Gasteiger partial charge in [0.1, 0.15) is 11.5 Å². The molecule has 3 aromatic rings. The fourth-order valence-corrected chi connectivity index (χ4v) is 4.65. The van der Waals surface area contributed by atoms with Crippen LogP contribution < -0.4 is 16.0 Å². The van der Waals surface area contributed by atoms with Crippen LogP contribution in [0.3, 0.4) is 0 Å². The van der Waals surface area contributed by atoms with Crippen molar-refractivity contribution < 1.29 is 9.59 Å². The molecule has 182 valence electrons. The number of rotatable bonds is 6. The molecule has 5 rings (SSSR count). The number of carbonyl (C=O) groups excluding carboxylic acids is 2. The van der Waals surface area contributed by atoms with Crippen molar-refractivity contribution in [2.45, 2.75) is 31.7 Å². The number of nitrogens with one attached hydrogen (secondary N) is 4. The first-order valence-corrected chi connectivity index (χ1v) is 12.0. The molecular weight excluding hydrogens is 444 g/mol. The maximum absolute atomic E-state index is 12.4. The molecule has 2 aliphatic rings. The molecule has 10 heteroatoms. The van der Waals surface area contributed by atoms with Crippen LogP contribution in [0.5, 0.6) is 0 Å². The molecule has 1 atom stereocenters. The van der Waals surface area contributed by atoms with E-state index in [1.54, 1.807) is 0 Å². The lowest BCUT2D eigenvalue weighted by atomic mass is 10.1. The Morgan fingerprint density at radius 3 is 2.69 bits per heavy atom. The van der Waals surface area contributed by atoms with Gasteiger partial charge in [-0.1, -0.05) is 12.6 Å². The molecule has 1 aromatic carbocycles. The lowest BCUT2D eigenvalue weighted by molar-refractivity contribution is -0.127. The number of nitrogens with zero attached hydrogens (tertiary/aromatic N) is 4. The quantitative estimate of drug-likeness (QED) is 0.402. The van der Waals surface area contributed by atoms with Crippen molar-refractivity contribution in [3.63, 3.8) is 0 Å². The highest BCUT2D eigenvalue weighted by molar-refractivity contribution is 5.91. The zero-order chi connectivity index (χ0) is 24.2. The van der Waals surface area contributed by atoms with Gasteiger partial charge in [-0.15, -0.1) is 0 Å². The molecule has 0 spiro atoms. The second-order valence-electron chi connectivity index (χ2n) is 8.94. The minimum atomic E-state index is -0.0772. The summed E-state index contributed by atoms with van der Waals surface area (Å²) in [7, 11) is 0. The van der Waals surface area contributed by atoms with Gasteiger partial charge in [-0.3, -0.25) is 4.79 Å². The molecule has 0 saturated carbocycles. The van der Waals surface area contributed by atoms with Gasteiger partial charge < -0.3 is 30.7 Å². The van der Waals surface area contributed by atoms with E-state index in [1.165, 1.54) is 6.08 Å². The van der Waals surface area contributed by atoms with Crippen LogP contribution in [0.1, 0.15) is 25.7 Å². The van der Waals surface area contributed by atoms with Crippen LogP contribution in [0.2, 0.25) is 0 Å². The van der Waals surface area contributed by atoms with E-state index in [-0.39, 0.29) is 18.0 Å². The number of fused-ring (bicyclic) bond motifs is 1.